The van der Waals surface area contributed by atoms with Crippen LogP contribution in [-0.4, -0.2) is 14.1 Å². The molecule has 2 aromatic heterocycles. The highest BCUT2D eigenvalue weighted by molar-refractivity contribution is 5.73. The molecular formula is C16H15N3O2. The molecule has 3 rings (SSSR count). The summed E-state index contributed by atoms with van der Waals surface area (Å²) in [6, 6.07) is 12.9. The van der Waals surface area contributed by atoms with Crippen molar-refractivity contribution in [2.24, 2.45) is 0 Å². The lowest BCUT2D eigenvalue weighted by molar-refractivity contribution is 0.621. The first-order valence-corrected chi connectivity index (χ1v) is 6.84. The van der Waals surface area contributed by atoms with E-state index >= 15 is 0 Å². The average Bonchev–Trinajstić information content (AvgIpc) is 2.53. The van der Waals surface area contributed by atoms with Crippen LogP contribution in [0.1, 0.15) is 12.5 Å². The predicted molar refractivity (Wildman–Crippen MR) is 81.5 cm³/mol. The summed E-state index contributed by atoms with van der Waals surface area (Å²) in [6.45, 7) is 2.63. The van der Waals surface area contributed by atoms with Gasteiger partial charge in [-0.25, -0.2) is 9.78 Å². The molecule has 0 N–H and O–H groups in total. The molecule has 21 heavy (non-hydrogen) atoms. The summed E-state index contributed by atoms with van der Waals surface area (Å²) in [6.07, 6.45) is 1.57. The molecule has 0 radical (unpaired) electrons. The summed E-state index contributed by atoms with van der Waals surface area (Å²) in [5, 5.41) is 0. The Balaban J connectivity index is 2.28. The summed E-state index contributed by atoms with van der Waals surface area (Å²) in [4.78, 5) is 29.2. The number of pyridine rings is 1. The second-order valence-electron chi connectivity index (χ2n) is 4.77. The summed E-state index contributed by atoms with van der Waals surface area (Å²) < 4.78 is 2.82. The predicted octanol–water partition coefficient (Wildman–Crippen LogP) is 1.63. The van der Waals surface area contributed by atoms with Crippen LogP contribution in [0.4, 0.5) is 0 Å². The lowest BCUT2D eigenvalue weighted by Gasteiger charge is -2.11. The average molecular weight is 281 g/mol. The van der Waals surface area contributed by atoms with Gasteiger partial charge in [-0.05, 0) is 24.6 Å². The number of aromatic nitrogens is 3. The van der Waals surface area contributed by atoms with Crippen molar-refractivity contribution in [2.75, 3.05) is 0 Å². The zero-order valence-corrected chi connectivity index (χ0v) is 11.7. The maximum Gasteiger partial charge on any atom is 0.331 e. The number of fused-ring (bicyclic) bond motifs is 1. The van der Waals surface area contributed by atoms with E-state index in [1.165, 1.54) is 4.57 Å². The summed E-state index contributed by atoms with van der Waals surface area (Å²) in [7, 11) is 0. The van der Waals surface area contributed by atoms with Crippen molar-refractivity contribution in [3.05, 3.63) is 75.1 Å². The summed E-state index contributed by atoms with van der Waals surface area (Å²) >= 11 is 0. The van der Waals surface area contributed by atoms with Crippen LogP contribution in [0.2, 0.25) is 0 Å². The van der Waals surface area contributed by atoms with Crippen molar-refractivity contribution in [1.29, 1.82) is 0 Å². The van der Waals surface area contributed by atoms with Gasteiger partial charge in [-0.15, -0.1) is 0 Å². The van der Waals surface area contributed by atoms with Crippen LogP contribution in [0, 0.1) is 0 Å². The Kier molecular flexibility index (Phi) is 3.39. The van der Waals surface area contributed by atoms with E-state index in [4.69, 9.17) is 0 Å². The molecule has 0 bridgehead atoms. The van der Waals surface area contributed by atoms with Gasteiger partial charge in [0.25, 0.3) is 5.56 Å². The van der Waals surface area contributed by atoms with Crippen LogP contribution in [0.15, 0.2) is 58.3 Å². The molecule has 0 fully saturated rings. The van der Waals surface area contributed by atoms with E-state index in [1.54, 1.807) is 22.9 Å². The fourth-order valence-electron chi connectivity index (χ4n) is 2.45. The second-order valence-corrected chi connectivity index (χ2v) is 4.77. The smallest absolute Gasteiger partial charge is 0.292 e. The molecule has 0 amide bonds. The highest BCUT2D eigenvalue weighted by atomic mass is 16.2. The van der Waals surface area contributed by atoms with E-state index in [1.807, 2.05) is 37.3 Å². The van der Waals surface area contributed by atoms with E-state index in [9.17, 15) is 9.59 Å². The molecule has 1 aromatic carbocycles. The molecule has 5 heteroatoms. The van der Waals surface area contributed by atoms with Crippen molar-refractivity contribution in [1.82, 2.24) is 14.1 Å². The van der Waals surface area contributed by atoms with Gasteiger partial charge in [-0.3, -0.25) is 13.9 Å². The summed E-state index contributed by atoms with van der Waals surface area (Å²) in [5.41, 5.74) is 1.18. The number of rotatable bonds is 3. The van der Waals surface area contributed by atoms with Gasteiger partial charge >= 0.3 is 5.69 Å². The van der Waals surface area contributed by atoms with E-state index in [0.29, 0.717) is 17.6 Å². The van der Waals surface area contributed by atoms with Gasteiger partial charge in [0.15, 0.2) is 5.52 Å². The minimum atomic E-state index is -0.343. The number of aryl methyl sites for hydroxylation is 1. The zero-order valence-electron chi connectivity index (χ0n) is 11.7. The third-order valence-corrected chi connectivity index (χ3v) is 3.49. The van der Waals surface area contributed by atoms with Crippen LogP contribution in [-0.2, 0) is 13.1 Å². The summed E-state index contributed by atoms with van der Waals surface area (Å²) in [5.74, 6) is 0. The van der Waals surface area contributed by atoms with Crippen molar-refractivity contribution in [3.63, 3.8) is 0 Å². The largest absolute Gasteiger partial charge is 0.331 e. The van der Waals surface area contributed by atoms with Crippen LogP contribution < -0.4 is 11.2 Å². The Morgan fingerprint density at radius 1 is 1.00 bits per heavy atom. The fourth-order valence-corrected chi connectivity index (χ4v) is 2.45. The molecular weight excluding hydrogens is 266 g/mol. The van der Waals surface area contributed by atoms with Crippen molar-refractivity contribution >= 4 is 11.0 Å². The normalized spacial score (nSPS) is 10.9. The second kappa shape index (κ2) is 5.36. The first kappa shape index (κ1) is 13.3. The lowest BCUT2D eigenvalue weighted by Crippen LogP contribution is -2.40. The van der Waals surface area contributed by atoms with Gasteiger partial charge in [0, 0.05) is 12.7 Å². The standard InChI is InChI=1S/C16H15N3O2/c1-2-18-13-9-6-10-17-14(13)15(20)19(16(18)21)11-12-7-4-3-5-8-12/h3-10H,2,11H2,1H3. The van der Waals surface area contributed by atoms with Gasteiger partial charge < -0.3 is 0 Å². The quantitative estimate of drug-likeness (QED) is 0.733. The van der Waals surface area contributed by atoms with Crippen LogP contribution in [0.3, 0.4) is 0 Å². The minimum Gasteiger partial charge on any atom is -0.292 e. The Labute approximate surface area is 121 Å². The van der Waals surface area contributed by atoms with Crippen molar-refractivity contribution in [2.45, 2.75) is 20.0 Å². The Hall–Kier alpha value is -2.69. The van der Waals surface area contributed by atoms with Gasteiger partial charge in [0.2, 0.25) is 0 Å². The molecule has 106 valence electrons. The number of hydrogen-bond donors (Lipinski definition) is 0. The monoisotopic (exact) mass is 281 g/mol. The van der Waals surface area contributed by atoms with Gasteiger partial charge in [0.05, 0.1) is 12.1 Å². The molecule has 2 heterocycles. The van der Waals surface area contributed by atoms with Crippen LogP contribution in [0.25, 0.3) is 11.0 Å². The first-order valence-electron chi connectivity index (χ1n) is 6.84. The van der Waals surface area contributed by atoms with Gasteiger partial charge in [-0.1, -0.05) is 30.3 Å². The highest BCUT2D eigenvalue weighted by Gasteiger charge is 2.12. The topological polar surface area (TPSA) is 56.9 Å². The van der Waals surface area contributed by atoms with E-state index in [2.05, 4.69) is 4.98 Å². The number of hydrogen-bond acceptors (Lipinski definition) is 3. The van der Waals surface area contributed by atoms with E-state index < -0.39 is 0 Å². The Morgan fingerprint density at radius 3 is 2.48 bits per heavy atom. The highest BCUT2D eigenvalue weighted by Crippen LogP contribution is 2.05. The molecule has 0 saturated heterocycles. The van der Waals surface area contributed by atoms with Crippen LogP contribution in [0.5, 0.6) is 0 Å². The van der Waals surface area contributed by atoms with E-state index in [-0.39, 0.29) is 17.8 Å². The van der Waals surface area contributed by atoms with Crippen molar-refractivity contribution in [3.8, 4) is 0 Å². The third kappa shape index (κ3) is 2.27. The van der Waals surface area contributed by atoms with E-state index in [0.717, 1.165) is 5.56 Å². The Bertz CT molecular complexity index is 895. The molecule has 0 spiro atoms. The lowest BCUT2D eigenvalue weighted by atomic mass is 10.2. The molecule has 0 aliphatic heterocycles. The molecule has 3 aromatic rings. The fraction of sp³-hybridized carbons (Fsp3) is 0.188. The van der Waals surface area contributed by atoms with Crippen molar-refractivity contribution < 1.29 is 0 Å². The molecule has 0 unspecified atom stereocenters. The molecule has 5 nitrogen and oxygen atoms in total. The van der Waals surface area contributed by atoms with Crippen LogP contribution >= 0.6 is 0 Å². The molecule has 0 aliphatic carbocycles. The minimum absolute atomic E-state index is 0.255. The van der Waals surface area contributed by atoms with Gasteiger partial charge in [0.1, 0.15) is 0 Å². The maximum atomic E-state index is 12.5. The SMILES string of the molecule is CCn1c(=O)n(Cc2ccccc2)c(=O)c2ncccc21. The molecule has 0 aliphatic rings. The molecule has 0 atom stereocenters. The number of benzene rings is 1. The maximum absolute atomic E-state index is 12.5. The van der Waals surface area contributed by atoms with Gasteiger partial charge in [-0.2, -0.15) is 0 Å². The first-order chi connectivity index (χ1) is 10.2. The third-order valence-electron chi connectivity index (χ3n) is 3.49. The molecule has 0 saturated carbocycles. The Morgan fingerprint density at radius 2 is 1.76 bits per heavy atom. The number of nitrogens with zero attached hydrogens (tertiary/aromatic N) is 3. The zero-order chi connectivity index (χ0) is 14.8.